The van der Waals surface area contributed by atoms with E-state index in [9.17, 15) is 4.39 Å². The summed E-state index contributed by atoms with van der Waals surface area (Å²) in [4.78, 5) is 7.59. The van der Waals surface area contributed by atoms with Crippen molar-refractivity contribution in [3.8, 4) is 11.6 Å². The van der Waals surface area contributed by atoms with Gasteiger partial charge in [-0.15, -0.1) is 0 Å². The highest BCUT2D eigenvalue weighted by atomic mass is 79.9. The SMILES string of the molecule is Fc1ccc(Br)cc1Oc1nc(Cl)ncc1Br. The van der Waals surface area contributed by atoms with Gasteiger partial charge in [-0.3, -0.25) is 0 Å². The van der Waals surface area contributed by atoms with Crippen molar-refractivity contribution < 1.29 is 9.13 Å². The summed E-state index contributed by atoms with van der Waals surface area (Å²) in [5.74, 6) is -0.285. The van der Waals surface area contributed by atoms with Crippen LogP contribution in [0.4, 0.5) is 4.39 Å². The molecule has 0 aliphatic heterocycles. The molecular formula is C10H4Br2ClFN2O. The summed E-state index contributed by atoms with van der Waals surface area (Å²) >= 11 is 12.0. The first-order chi connectivity index (χ1) is 8.06. The maximum Gasteiger partial charge on any atom is 0.238 e. The fourth-order valence-corrected chi connectivity index (χ4v) is 1.80. The molecule has 1 heterocycles. The second kappa shape index (κ2) is 5.29. The fraction of sp³-hybridized carbons (Fsp3) is 0. The molecule has 0 saturated carbocycles. The topological polar surface area (TPSA) is 35.0 Å². The third kappa shape index (κ3) is 3.14. The zero-order chi connectivity index (χ0) is 12.4. The Labute approximate surface area is 118 Å². The first-order valence-corrected chi connectivity index (χ1v) is 6.33. The third-order valence-corrected chi connectivity index (χ3v) is 3.00. The first kappa shape index (κ1) is 12.7. The number of benzene rings is 1. The van der Waals surface area contributed by atoms with Crippen LogP contribution in [0.25, 0.3) is 0 Å². The molecule has 2 rings (SSSR count). The molecule has 0 saturated heterocycles. The summed E-state index contributed by atoms with van der Waals surface area (Å²) in [5, 5.41) is 0.0265. The van der Waals surface area contributed by atoms with Gasteiger partial charge in [0.15, 0.2) is 11.6 Å². The lowest BCUT2D eigenvalue weighted by Gasteiger charge is -2.07. The molecule has 7 heteroatoms. The first-order valence-electron chi connectivity index (χ1n) is 4.37. The van der Waals surface area contributed by atoms with Crippen molar-refractivity contribution in [3.63, 3.8) is 0 Å². The predicted octanol–water partition coefficient (Wildman–Crippen LogP) is 4.59. The van der Waals surface area contributed by atoms with Crippen LogP contribution in [0, 0.1) is 5.82 Å². The highest BCUT2D eigenvalue weighted by molar-refractivity contribution is 9.10. The highest BCUT2D eigenvalue weighted by Crippen LogP contribution is 2.31. The van der Waals surface area contributed by atoms with Crippen LogP contribution in [0.1, 0.15) is 0 Å². The number of halogens is 4. The minimum atomic E-state index is -0.491. The smallest absolute Gasteiger partial charge is 0.238 e. The Hall–Kier alpha value is -0.720. The quantitative estimate of drug-likeness (QED) is 0.713. The maximum atomic E-state index is 13.5. The molecule has 1 aromatic heterocycles. The molecule has 1 aromatic carbocycles. The number of aromatic nitrogens is 2. The van der Waals surface area contributed by atoms with E-state index >= 15 is 0 Å². The van der Waals surface area contributed by atoms with Crippen molar-refractivity contribution in [3.05, 3.63) is 44.4 Å². The van der Waals surface area contributed by atoms with E-state index in [4.69, 9.17) is 16.3 Å². The van der Waals surface area contributed by atoms with Gasteiger partial charge in [-0.1, -0.05) is 15.9 Å². The maximum absolute atomic E-state index is 13.5. The van der Waals surface area contributed by atoms with Gasteiger partial charge in [0.25, 0.3) is 0 Å². The summed E-state index contributed by atoms with van der Waals surface area (Å²) in [6.07, 6.45) is 1.43. The van der Waals surface area contributed by atoms with E-state index < -0.39 is 5.82 Å². The Morgan fingerprint density at radius 2 is 2.06 bits per heavy atom. The van der Waals surface area contributed by atoms with Crippen molar-refractivity contribution >= 4 is 43.5 Å². The molecule has 0 unspecified atom stereocenters. The molecule has 2 aromatic rings. The van der Waals surface area contributed by atoms with E-state index in [1.54, 1.807) is 6.07 Å². The van der Waals surface area contributed by atoms with Crippen molar-refractivity contribution in [1.82, 2.24) is 9.97 Å². The lowest BCUT2D eigenvalue weighted by atomic mass is 10.3. The molecule has 0 bridgehead atoms. The Morgan fingerprint density at radius 1 is 1.29 bits per heavy atom. The minimum Gasteiger partial charge on any atom is -0.435 e. The Balaban J connectivity index is 2.37. The van der Waals surface area contributed by atoms with Crippen molar-refractivity contribution in [2.45, 2.75) is 0 Å². The second-order valence-corrected chi connectivity index (χ2v) is 5.08. The van der Waals surface area contributed by atoms with Crippen LogP contribution in [0.2, 0.25) is 5.28 Å². The van der Waals surface area contributed by atoms with Crippen molar-refractivity contribution in [1.29, 1.82) is 0 Å². The third-order valence-electron chi connectivity index (χ3n) is 1.78. The normalized spacial score (nSPS) is 10.4. The minimum absolute atomic E-state index is 0.0265. The Kier molecular flexibility index (Phi) is 3.96. The van der Waals surface area contributed by atoms with E-state index in [1.807, 2.05) is 0 Å². The fourth-order valence-electron chi connectivity index (χ4n) is 1.06. The molecule has 17 heavy (non-hydrogen) atoms. The van der Waals surface area contributed by atoms with Gasteiger partial charge in [0, 0.05) is 10.7 Å². The van der Waals surface area contributed by atoms with Crippen LogP contribution in [-0.2, 0) is 0 Å². The van der Waals surface area contributed by atoms with Crippen LogP contribution < -0.4 is 4.74 Å². The molecule has 88 valence electrons. The number of nitrogens with zero attached hydrogens (tertiary/aromatic N) is 2. The second-order valence-electron chi connectivity index (χ2n) is 2.97. The van der Waals surface area contributed by atoms with E-state index in [1.165, 1.54) is 18.3 Å². The summed E-state index contributed by atoms with van der Waals surface area (Å²) in [6, 6.07) is 4.36. The van der Waals surface area contributed by atoms with Crippen LogP contribution in [0.3, 0.4) is 0 Å². The van der Waals surface area contributed by atoms with Crippen molar-refractivity contribution in [2.24, 2.45) is 0 Å². The Bertz CT molecular complexity index is 518. The molecule has 0 aliphatic rings. The van der Waals surface area contributed by atoms with E-state index in [2.05, 4.69) is 41.8 Å². The van der Waals surface area contributed by atoms with Gasteiger partial charge >= 0.3 is 0 Å². The zero-order valence-electron chi connectivity index (χ0n) is 8.12. The van der Waals surface area contributed by atoms with Gasteiger partial charge in [-0.05, 0) is 45.7 Å². The van der Waals surface area contributed by atoms with E-state index in [0.717, 1.165) is 0 Å². The van der Waals surface area contributed by atoms with E-state index in [0.29, 0.717) is 8.95 Å². The van der Waals surface area contributed by atoms with Gasteiger partial charge in [0.05, 0.1) is 4.47 Å². The molecule has 0 fully saturated rings. The number of rotatable bonds is 2. The van der Waals surface area contributed by atoms with E-state index in [-0.39, 0.29) is 16.9 Å². The average Bonchev–Trinajstić information content (AvgIpc) is 2.28. The van der Waals surface area contributed by atoms with Gasteiger partial charge in [0.2, 0.25) is 11.2 Å². The monoisotopic (exact) mass is 380 g/mol. The zero-order valence-corrected chi connectivity index (χ0v) is 12.1. The Morgan fingerprint density at radius 3 is 2.82 bits per heavy atom. The summed E-state index contributed by atoms with van der Waals surface area (Å²) in [6.45, 7) is 0. The molecule has 0 amide bonds. The van der Waals surface area contributed by atoms with Crippen LogP contribution in [-0.4, -0.2) is 9.97 Å². The van der Waals surface area contributed by atoms with Gasteiger partial charge in [-0.25, -0.2) is 9.37 Å². The van der Waals surface area contributed by atoms with Gasteiger partial charge in [-0.2, -0.15) is 4.98 Å². The van der Waals surface area contributed by atoms with Crippen molar-refractivity contribution in [2.75, 3.05) is 0 Å². The van der Waals surface area contributed by atoms with Crippen LogP contribution in [0.15, 0.2) is 33.3 Å². The summed E-state index contributed by atoms with van der Waals surface area (Å²) in [5.41, 5.74) is 0. The molecule has 0 atom stereocenters. The number of hydrogen-bond donors (Lipinski definition) is 0. The molecule has 0 radical (unpaired) electrons. The standard InChI is InChI=1S/C10H4Br2ClFN2O/c11-5-1-2-7(14)8(3-5)17-9-6(12)4-15-10(13)16-9/h1-4H. The highest BCUT2D eigenvalue weighted by Gasteiger charge is 2.10. The lowest BCUT2D eigenvalue weighted by molar-refractivity contribution is 0.423. The predicted molar refractivity (Wildman–Crippen MR) is 68.9 cm³/mol. The molecular weight excluding hydrogens is 378 g/mol. The molecule has 0 spiro atoms. The summed E-state index contributed by atoms with van der Waals surface area (Å²) < 4.78 is 20.0. The van der Waals surface area contributed by atoms with Gasteiger partial charge in [0.1, 0.15) is 0 Å². The molecule has 3 nitrogen and oxygen atoms in total. The van der Waals surface area contributed by atoms with Crippen LogP contribution in [0.5, 0.6) is 11.6 Å². The molecule has 0 N–H and O–H groups in total. The lowest BCUT2D eigenvalue weighted by Crippen LogP contribution is -1.93. The number of ether oxygens (including phenoxy) is 1. The largest absolute Gasteiger partial charge is 0.435 e. The molecule has 0 aliphatic carbocycles. The van der Waals surface area contributed by atoms with Crippen LogP contribution >= 0.6 is 43.5 Å². The van der Waals surface area contributed by atoms with Gasteiger partial charge < -0.3 is 4.74 Å². The average molecular weight is 382 g/mol. The number of hydrogen-bond acceptors (Lipinski definition) is 3. The summed E-state index contributed by atoms with van der Waals surface area (Å²) in [7, 11) is 0.